The summed E-state index contributed by atoms with van der Waals surface area (Å²) in [7, 11) is 0. The monoisotopic (exact) mass is 400 g/mol. The van der Waals surface area contributed by atoms with Crippen molar-refractivity contribution in [2.75, 3.05) is 0 Å². The van der Waals surface area contributed by atoms with E-state index in [1.54, 1.807) is 27.7 Å². The van der Waals surface area contributed by atoms with Crippen LogP contribution in [0.2, 0.25) is 0 Å². The average molecular weight is 401 g/mol. The minimum absolute atomic E-state index is 0.0101. The zero-order valence-electron chi connectivity index (χ0n) is 18.7. The quantitative estimate of drug-likeness (QED) is 0.233. The molecule has 0 fully saturated rings. The number of Topliss-reactive ketones (excluding diaryl/α,β-unsaturated/α-hetero) is 2. The van der Waals surface area contributed by atoms with Crippen LogP contribution in [0.1, 0.15) is 106 Å². The van der Waals surface area contributed by atoms with Gasteiger partial charge in [-0.25, -0.2) is 0 Å². The molecule has 6 nitrogen and oxygen atoms in total. The molecular weight excluding hydrogens is 360 g/mol. The second-order valence-corrected chi connectivity index (χ2v) is 7.42. The van der Waals surface area contributed by atoms with Gasteiger partial charge in [0.15, 0.2) is 0 Å². The van der Waals surface area contributed by atoms with Crippen LogP contribution < -0.4 is 0 Å². The summed E-state index contributed by atoms with van der Waals surface area (Å²) in [6.07, 6.45) is 6.63. The van der Waals surface area contributed by atoms with Crippen molar-refractivity contribution in [3.8, 4) is 0 Å². The molecule has 0 aromatic carbocycles. The molecule has 0 aliphatic rings. The molecule has 0 aromatic heterocycles. The van der Waals surface area contributed by atoms with E-state index in [0.717, 1.165) is 38.5 Å². The van der Waals surface area contributed by atoms with Gasteiger partial charge in [-0.2, -0.15) is 0 Å². The van der Waals surface area contributed by atoms with Crippen molar-refractivity contribution >= 4 is 23.5 Å². The maximum absolute atomic E-state index is 11.2. The van der Waals surface area contributed by atoms with Gasteiger partial charge in [0.2, 0.25) is 0 Å². The van der Waals surface area contributed by atoms with Crippen molar-refractivity contribution in [2.45, 2.75) is 118 Å². The highest BCUT2D eigenvalue weighted by Gasteiger charge is 2.12. The van der Waals surface area contributed by atoms with Crippen molar-refractivity contribution in [2.24, 2.45) is 0 Å². The molecule has 0 saturated heterocycles. The van der Waals surface area contributed by atoms with Crippen LogP contribution in [0.4, 0.5) is 0 Å². The number of unbranched alkanes of at least 4 members (excludes halogenated alkanes) is 4. The van der Waals surface area contributed by atoms with Gasteiger partial charge in [0, 0.05) is 12.8 Å². The Labute approximate surface area is 170 Å². The minimum Gasteiger partial charge on any atom is -0.463 e. The molecular formula is C22H40O6. The van der Waals surface area contributed by atoms with E-state index >= 15 is 0 Å². The van der Waals surface area contributed by atoms with Crippen LogP contribution in [-0.4, -0.2) is 35.7 Å². The van der Waals surface area contributed by atoms with Crippen LogP contribution in [-0.2, 0) is 28.7 Å². The van der Waals surface area contributed by atoms with Crippen LogP contribution >= 0.6 is 0 Å². The Kier molecular flexibility index (Phi) is 19.0. The van der Waals surface area contributed by atoms with Crippen LogP contribution in [0.15, 0.2) is 0 Å². The van der Waals surface area contributed by atoms with Gasteiger partial charge in [-0.05, 0) is 40.5 Å². The van der Waals surface area contributed by atoms with Crippen molar-refractivity contribution in [1.82, 2.24) is 0 Å². The molecule has 6 heteroatoms. The lowest BCUT2D eigenvalue weighted by molar-refractivity contribution is -0.151. The average Bonchev–Trinajstić information content (AvgIpc) is 2.54. The molecule has 0 heterocycles. The van der Waals surface area contributed by atoms with E-state index in [-0.39, 0.29) is 36.6 Å². The second-order valence-electron chi connectivity index (χ2n) is 7.42. The molecule has 0 rings (SSSR count). The Balaban J connectivity index is 0. The molecule has 0 saturated carbocycles. The molecule has 0 aromatic rings. The molecule has 164 valence electrons. The van der Waals surface area contributed by atoms with Gasteiger partial charge in [-0.3, -0.25) is 19.2 Å². The van der Waals surface area contributed by atoms with Gasteiger partial charge < -0.3 is 9.47 Å². The molecule has 0 unspecified atom stereocenters. The fourth-order valence-corrected chi connectivity index (χ4v) is 2.25. The first-order valence-corrected chi connectivity index (χ1v) is 10.5. The van der Waals surface area contributed by atoms with Crippen LogP contribution in [0, 0.1) is 0 Å². The molecule has 0 amide bonds. The third-order valence-corrected chi connectivity index (χ3v) is 3.54. The number of carbonyl (C=O) groups excluding carboxylic acids is 4. The highest BCUT2D eigenvalue weighted by atomic mass is 16.5. The molecule has 0 bridgehead atoms. The van der Waals surface area contributed by atoms with Crippen LogP contribution in [0.5, 0.6) is 0 Å². The topological polar surface area (TPSA) is 86.7 Å². The van der Waals surface area contributed by atoms with Gasteiger partial charge in [-0.15, -0.1) is 0 Å². The van der Waals surface area contributed by atoms with Gasteiger partial charge in [-0.1, -0.05) is 39.5 Å². The third-order valence-electron chi connectivity index (χ3n) is 3.54. The summed E-state index contributed by atoms with van der Waals surface area (Å²) in [6.45, 7) is 11.3. The number of carbonyl (C=O) groups is 4. The van der Waals surface area contributed by atoms with Gasteiger partial charge in [0.25, 0.3) is 0 Å². The minimum atomic E-state index is -0.401. The number of hydrogen-bond acceptors (Lipinski definition) is 6. The fourth-order valence-electron chi connectivity index (χ4n) is 2.25. The first kappa shape index (κ1) is 28.5. The molecule has 0 aliphatic heterocycles. The van der Waals surface area contributed by atoms with E-state index in [1.165, 1.54) is 0 Å². The first-order chi connectivity index (χ1) is 13.1. The molecule has 0 spiro atoms. The van der Waals surface area contributed by atoms with Gasteiger partial charge in [0.05, 0.1) is 12.2 Å². The maximum atomic E-state index is 11.2. The summed E-state index contributed by atoms with van der Waals surface area (Å²) in [5, 5.41) is 0. The highest BCUT2D eigenvalue weighted by molar-refractivity contribution is 5.96. The Morgan fingerprint density at radius 1 is 0.607 bits per heavy atom. The lowest BCUT2D eigenvalue weighted by atomic mass is 10.1. The Morgan fingerprint density at radius 3 is 1.18 bits per heavy atom. The number of ketones is 2. The van der Waals surface area contributed by atoms with E-state index in [0.29, 0.717) is 12.8 Å². The molecule has 0 aliphatic carbocycles. The van der Waals surface area contributed by atoms with Crippen LogP contribution in [0.3, 0.4) is 0 Å². The van der Waals surface area contributed by atoms with Crippen molar-refractivity contribution < 1.29 is 28.7 Å². The number of rotatable bonds is 14. The molecule has 0 radical (unpaired) electrons. The van der Waals surface area contributed by atoms with E-state index in [9.17, 15) is 19.2 Å². The first-order valence-electron chi connectivity index (χ1n) is 10.5. The lowest BCUT2D eigenvalue weighted by Gasteiger charge is -2.06. The van der Waals surface area contributed by atoms with Gasteiger partial charge in [0.1, 0.15) is 24.4 Å². The van der Waals surface area contributed by atoms with E-state index in [2.05, 4.69) is 13.8 Å². The predicted octanol–water partition coefficient (Wildman–Crippen LogP) is 4.96. The lowest BCUT2D eigenvalue weighted by Crippen LogP contribution is -2.15. The van der Waals surface area contributed by atoms with Gasteiger partial charge >= 0.3 is 11.9 Å². The van der Waals surface area contributed by atoms with E-state index < -0.39 is 11.9 Å². The normalized spacial score (nSPS) is 10.3. The van der Waals surface area contributed by atoms with E-state index in [4.69, 9.17) is 9.47 Å². The van der Waals surface area contributed by atoms with Crippen LogP contribution in [0.25, 0.3) is 0 Å². The van der Waals surface area contributed by atoms with Crippen molar-refractivity contribution in [3.63, 3.8) is 0 Å². The highest BCUT2D eigenvalue weighted by Crippen LogP contribution is 2.04. The zero-order valence-corrected chi connectivity index (χ0v) is 18.7. The molecule has 0 N–H and O–H groups in total. The summed E-state index contributed by atoms with van der Waals surface area (Å²) in [6, 6.07) is 0. The summed E-state index contributed by atoms with van der Waals surface area (Å²) < 4.78 is 9.73. The molecule has 0 atom stereocenters. The summed E-state index contributed by atoms with van der Waals surface area (Å²) in [5.41, 5.74) is 0. The molecule has 28 heavy (non-hydrogen) atoms. The smallest absolute Gasteiger partial charge is 0.313 e. The second kappa shape index (κ2) is 18.6. The fraction of sp³-hybridized carbons (Fsp3) is 0.818. The third kappa shape index (κ3) is 22.3. The van der Waals surface area contributed by atoms with Crippen molar-refractivity contribution in [1.29, 1.82) is 0 Å². The number of ether oxygens (including phenoxy) is 2. The number of hydrogen-bond donors (Lipinski definition) is 0. The Bertz CT molecular complexity index is 412. The Hall–Kier alpha value is -1.72. The standard InChI is InChI=1S/2C11H20O3/c2*1-4-5-6-7-10(12)8-11(13)14-9(2)3/h2*9H,4-8H2,1-3H3. The summed E-state index contributed by atoms with van der Waals surface area (Å²) in [5.74, 6) is -0.823. The largest absolute Gasteiger partial charge is 0.463 e. The summed E-state index contributed by atoms with van der Waals surface area (Å²) >= 11 is 0. The van der Waals surface area contributed by atoms with E-state index in [1.807, 2.05) is 0 Å². The zero-order chi connectivity index (χ0) is 21.9. The van der Waals surface area contributed by atoms with Crippen molar-refractivity contribution in [3.05, 3.63) is 0 Å². The SMILES string of the molecule is CCCCCC(=O)CC(=O)OC(C)C.CCCCCC(=O)CC(=O)OC(C)C. The maximum Gasteiger partial charge on any atom is 0.313 e. The Morgan fingerprint density at radius 2 is 0.929 bits per heavy atom. The number of esters is 2. The summed E-state index contributed by atoms with van der Waals surface area (Å²) in [4.78, 5) is 44.5. The predicted molar refractivity (Wildman–Crippen MR) is 110 cm³/mol.